The molecule has 33 heavy (non-hydrogen) atoms. The van der Waals surface area contributed by atoms with Gasteiger partial charge in [-0.05, 0) is 69.2 Å². The fraction of sp³-hybridized carbons (Fsp3) is 1.00. The van der Waals surface area contributed by atoms with Crippen LogP contribution in [0.2, 0.25) is 0 Å². The van der Waals surface area contributed by atoms with E-state index in [0.717, 1.165) is 20.8 Å². The second-order valence-corrected chi connectivity index (χ2v) is 11.5. The fourth-order valence-electron chi connectivity index (χ4n) is 4.94. The maximum atomic E-state index is 11.3. The van der Waals surface area contributed by atoms with E-state index in [9.17, 15) is 40.9 Å². The molecular weight excluding hydrogens is 440 g/mol. The van der Waals surface area contributed by atoms with Crippen molar-refractivity contribution in [2.45, 2.75) is 126 Å². The molecule has 0 saturated carbocycles. The van der Waals surface area contributed by atoms with E-state index in [1.54, 1.807) is 0 Å². The van der Waals surface area contributed by atoms with Gasteiger partial charge < -0.3 is 55.1 Å². The Morgan fingerprint density at radius 3 is 1.33 bits per heavy atom. The summed E-state index contributed by atoms with van der Waals surface area (Å²) in [7, 11) is 0. The lowest BCUT2D eigenvalue weighted by molar-refractivity contribution is -0.480. The maximum Gasteiger partial charge on any atom is 0.198 e. The van der Waals surface area contributed by atoms with E-state index in [-0.39, 0.29) is 0 Å². The highest BCUT2D eigenvalue weighted by atomic mass is 16.7. The Balaban J connectivity index is 2.55. The smallest absolute Gasteiger partial charge is 0.198 e. The van der Waals surface area contributed by atoms with Gasteiger partial charge in [0.2, 0.25) is 0 Å². The topological polar surface area (TPSA) is 190 Å². The number of aliphatic hydroxyl groups excluding tert-OH is 1. The third kappa shape index (κ3) is 3.15. The predicted molar refractivity (Wildman–Crippen MR) is 115 cm³/mol. The highest BCUT2D eigenvalue weighted by Gasteiger charge is 2.77. The third-order valence-corrected chi connectivity index (χ3v) is 9.41. The minimum Gasteiger partial charge on any atom is -0.393 e. The lowest BCUT2D eigenvalue weighted by Gasteiger charge is -2.66. The van der Waals surface area contributed by atoms with Crippen LogP contribution in [0.15, 0.2) is 0 Å². The summed E-state index contributed by atoms with van der Waals surface area (Å²) >= 11 is 0. The van der Waals surface area contributed by atoms with E-state index >= 15 is 0 Å². The minimum absolute atomic E-state index is 0.630. The van der Waals surface area contributed by atoms with Crippen molar-refractivity contribution in [3.8, 4) is 0 Å². The van der Waals surface area contributed by atoms with Crippen LogP contribution in [0.3, 0.4) is 0 Å². The van der Waals surface area contributed by atoms with Crippen molar-refractivity contribution in [3.05, 3.63) is 0 Å². The first-order chi connectivity index (χ1) is 14.2. The Morgan fingerprint density at radius 2 is 0.909 bits per heavy atom. The van der Waals surface area contributed by atoms with Crippen LogP contribution in [0, 0.1) is 0 Å². The van der Waals surface area contributed by atoms with Gasteiger partial charge >= 0.3 is 0 Å². The Bertz CT molecular complexity index is 785. The number of ether oxygens (including phenoxy) is 3. The molecule has 2 fully saturated rings. The molecule has 2 heterocycles. The Labute approximate surface area is 194 Å². The molecule has 2 rings (SSSR count). The summed E-state index contributed by atoms with van der Waals surface area (Å²) in [5.41, 5.74) is -17.2. The number of hydrogen-bond donors (Lipinski definition) is 8. The Hall–Kier alpha value is -0.440. The molecule has 11 nitrogen and oxygen atoms in total. The first-order valence-electron chi connectivity index (χ1n) is 10.9. The van der Waals surface area contributed by atoms with Crippen LogP contribution < -0.4 is 0 Å². The van der Waals surface area contributed by atoms with Gasteiger partial charge in [-0.1, -0.05) is 0 Å². The fourth-order valence-corrected chi connectivity index (χ4v) is 4.94. The molecule has 2 saturated heterocycles. The Morgan fingerprint density at radius 1 is 0.515 bits per heavy atom. The van der Waals surface area contributed by atoms with E-state index < -0.39 is 69.6 Å². The van der Waals surface area contributed by atoms with Crippen molar-refractivity contribution in [2.24, 2.45) is 0 Å². The van der Waals surface area contributed by atoms with Gasteiger partial charge in [0.25, 0.3) is 0 Å². The van der Waals surface area contributed by atoms with Gasteiger partial charge in [-0.2, -0.15) is 0 Å². The maximum absolute atomic E-state index is 11.3. The lowest BCUT2D eigenvalue weighted by Crippen LogP contribution is -2.86. The zero-order valence-electron chi connectivity index (χ0n) is 21.2. The summed E-state index contributed by atoms with van der Waals surface area (Å²) in [6.45, 7) is 10.7. The van der Waals surface area contributed by atoms with Gasteiger partial charge in [0, 0.05) is 0 Å². The van der Waals surface area contributed by atoms with Crippen LogP contribution in [0.4, 0.5) is 0 Å². The van der Waals surface area contributed by atoms with Crippen LogP contribution in [-0.4, -0.2) is 110 Å². The summed E-state index contributed by atoms with van der Waals surface area (Å²) < 4.78 is 17.5. The molecule has 0 aromatic rings. The van der Waals surface area contributed by atoms with Crippen LogP contribution in [0.5, 0.6) is 0 Å². The van der Waals surface area contributed by atoms with Crippen molar-refractivity contribution >= 4 is 0 Å². The van der Waals surface area contributed by atoms with E-state index in [4.69, 9.17) is 14.2 Å². The molecule has 8 N–H and O–H groups in total. The second kappa shape index (κ2) is 7.07. The average Bonchev–Trinajstić information content (AvgIpc) is 2.63. The molecule has 0 aliphatic carbocycles. The standard InChI is InChI=1S/C22H42O11/c1-13(11-23)15(3,24)18(6,27)20(8,29)22(10,33-13)31-12-14(2)16(4,25)17(5,26)19(7,28)21(9,30)32-14/h23-30H,11-12H2,1-10H3/t13?,14?,15?,16?,17-,18-,19+,20+,21?,22?/m0/s1. The molecule has 0 radical (unpaired) electrons. The monoisotopic (exact) mass is 482 g/mol. The van der Waals surface area contributed by atoms with E-state index in [1.807, 2.05) is 0 Å². The highest BCUT2D eigenvalue weighted by molar-refractivity contribution is 5.23. The largest absolute Gasteiger partial charge is 0.393 e. The normalized spacial score (nSPS) is 62.4. The lowest BCUT2D eigenvalue weighted by atomic mass is 9.60. The van der Waals surface area contributed by atoms with Crippen molar-refractivity contribution in [3.63, 3.8) is 0 Å². The molecular formula is C22H42O11. The third-order valence-electron chi connectivity index (χ3n) is 9.41. The molecule has 11 heteroatoms. The number of rotatable bonds is 4. The van der Waals surface area contributed by atoms with Crippen molar-refractivity contribution in [2.75, 3.05) is 13.2 Å². The molecule has 10 atom stereocenters. The Kier molecular flexibility index (Phi) is 6.17. The van der Waals surface area contributed by atoms with Crippen LogP contribution in [0.1, 0.15) is 69.2 Å². The van der Waals surface area contributed by atoms with Crippen LogP contribution >= 0.6 is 0 Å². The predicted octanol–water partition coefficient (Wildman–Crippen LogP) is -1.50. The van der Waals surface area contributed by atoms with Crippen LogP contribution in [0.25, 0.3) is 0 Å². The first kappa shape index (κ1) is 28.8. The van der Waals surface area contributed by atoms with Gasteiger partial charge in [-0.25, -0.2) is 0 Å². The molecule has 0 aromatic heterocycles. The molecule has 0 bridgehead atoms. The van der Waals surface area contributed by atoms with E-state index in [2.05, 4.69) is 0 Å². The molecule has 196 valence electrons. The SMILES string of the molecule is CC1(COC2(C)OC(C)(CO)C(C)(O)[C@](C)(O)[C@@]2(C)O)OC(C)(O)[C@](C)(O)[C@@](C)(O)C1(C)O. The molecule has 0 aromatic carbocycles. The molecule has 2 aliphatic heterocycles. The van der Waals surface area contributed by atoms with Gasteiger partial charge in [0.1, 0.15) is 44.8 Å². The van der Waals surface area contributed by atoms with Crippen LogP contribution in [-0.2, 0) is 14.2 Å². The van der Waals surface area contributed by atoms with Gasteiger partial charge in [-0.15, -0.1) is 0 Å². The highest BCUT2D eigenvalue weighted by Crippen LogP contribution is 2.56. The molecule has 2 aliphatic rings. The van der Waals surface area contributed by atoms with Gasteiger partial charge in [0.15, 0.2) is 11.6 Å². The molecule has 6 unspecified atom stereocenters. The van der Waals surface area contributed by atoms with E-state index in [1.165, 1.54) is 48.5 Å². The van der Waals surface area contributed by atoms with Crippen molar-refractivity contribution in [1.82, 2.24) is 0 Å². The quantitative estimate of drug-likeness (QED) is 0.233. The molecule has 0 spiro atoms. The summed E-state index contributed by atoms with van der Waals surface area (Å²) in [6.07, 6.45) is 0. The van der Waals surface area contributed by atoms with E-state index in [0.29, 0.717) is 0 Å². The van der Waals surface area contributed by atoms with Crippen molar-refractivity contribution in [1.29, 1.82) is 0 Å². The number of aliphatic hydroxyl groups is 8. The zero-order chi connectivity index (χ0) is 26.5. The van der Waals surface area contributed by atoms with Crippen molar-refractivity contribution < 1.29 is 55.1 Å². The first-order valence-corrected chi connectivity index (χ1v) is 10.9. The second-order valence-electron chi connectivity index (χ2n) is 11.5. The summed E-state index contributed by atoms with van der Waals surface area (Å²) in [5.74, 6) is -4.45. The summed E-state index contributed by atoms with van der Waals surface area (Å²) in [6, 6.07) is 0. The molecule has 0 amide bonds. The summed E-state index contributed by atoms with van der Waals surface area (Å²) in [4.78, 5) is 0. The summed E-state index contributed by atoms with van der Waals surface area (Å²) in [5, 5.41) is 87.5. The average molecular weight is 483 g/mol. The minimum atomic E-state index is -2.34. The van der Waals surface area contributed by atoms with Gasteiger partial charge in [0.05, 0.1) is 13.2 Å². The van der Waals surface area contributed by atoms with Gasteiger partial charge in [-0.3, -0.25) is 0 Å². The number of hydrogen-bond acceptors (Lipinski definition) is 11. The zero-order valence-corrected chi connectivity index (χ0v) is 21.2.